The first-order valence-corrected chi connectivity index (χ1v) is 12.1. The Labute approximate surface area is 197 Å². The van der Waals surface area contributed by atoms with Gasteiger partial charge < -0.3 is 10.2 Å². The zero-order valence-electron chi connectivity index (χ0n) is 20.1. The van der Waals surface area contributed by atoms with Crippen molar-refractivity contribution in [2.75, 3.05) is 18.4 Å². The molecule has 3 aromatic carbocycles. The molecule has 1 saturated heterocycles. The highest BCUT2D eigenvalue weighted by Gasteiger charge is 2.29. The van der Waals surface area contributed by atoms with Crippen LogP contribution in [-0.2, 0) is 4.79 Å². The summed E-state index contributed by atoms with van der Waals surface area (Å²) in [5, 5.41) is 5.32. The molecule has 4 nitrogen and oxygen atoms in total. The fourth-order valence-electron chi connectivity index (χ4n) is 4.85. The van der Waals surface area contributed by atoms with E-state index in [2.05, 4.69) is 51.2 Å². The van der Waals surface area contributed by atoms with Gasteiger partial charge in [0, 0.05) is 30.3 Å². The Hall–Kier alpha value is -3.14. The normalized spacial score (nSPS) is 14.8. The lowest BCUT2D eigenvalue weighted by Gasteiger charge is -2.32. The standard InChI is InChI=1S/C29H34N2O2/c1-19(2)23-12-8-13-24(20(3)4)27(23)30-28(32)22-15-17-31(18-16-22)29(33)26-14-7-10-21-9-5-6-11-25(21)26/h5-14,19-20,22H,15-18H2,1-4H3,(H,30,32). The van der Waals surface area contributed by atoms with Crippen LogP contribution in [-0.4, -0.2) is 29.8 Å². The minimum absolute atomic E-state index is 0.0536. The molecule has 1 fully saturated rings. The van der Waals surface area contributed by atoms with E-state index in [-0.39, 0.29) is 17.7 Å². The van der Waals surface area contributed by atoms with Crippen LogP contribution in [0.3, 0.4) is 0 Å². The summed E-state index contributed by atoms with van der Waals surface area (Å²) >= 11 is 0. The predicted octanol–water partition coefficient (Wildman–Crippen LogP) is 6.58. The number of carbonyl (C=O) groups is 2. The number of nitrogens with one attached hydrogen (secondary N) is 1. The number of carbonyl (C=O) groups excluding carboxylic acids is 2. The van der Waals surface area contributed by atoms with Crippen LogP contribution < -0.4 is 5.32 Å². The number of likely N-dealkylation sites (tertiary alicyclic amines) is 1. The maximum absolute atomic E-state index is 13.2. The number of anilines is 1. The van der Waals surface area contributed by atoms with Crippen LogP contribution in [0.15, 0.2) is 60.7 Å². The molecule has 33 heavy (non-hydrogen) atoms. The molecule has 3 aromatic rings. The van der Waals surface area contributed by atoms with Gasteiger partial charge in [0.05, 0.1) is 0 Å². The van der Waals surface area contributed by atoms with Crippen molar-refractivity contribution < 1.29 is 9.59 Å². The monoisotopic (exact) mass is 442 g/mol. The van der Waals surface area contributed by atoms with Gasteiger partial charge in [0.15, 0.2) is 0 Å². The maximum Gasteiger partial charge on any atom is 0.254 e. The van der Waals surface area contributed by atoms with Gasteiger partial charge in [-0.2, -0.15) is 0 Å². The van der Waals surface area contributed by atoms with Crippen LogP contribution in [0.5, 0.6) is 0 Å². The minimum atomic E-state index is -0.0817. The molecule has 0 saturated carbocycles. The van der Waals surface area contributed by atoms with E-state index < -0.39 is 0 Å². The van der Waals surface area contributed by atoms with E-state index in [1.54, 1.807) is 0 Å². The highest BCUT2D eigenvalue weighted by molar-refractivity contribution is 6.07. The SMILES string of the molecule is CC(C)c1cccc(C(C)C)c1NC(=O)C1CCN(C(=O)c2cccc3ccccc23)CC1. The molecule has 0 spiro atoms. The van der Waals surface area contributed by atoms with Gasteiger partial charge in [-0.1, -0.05) is 82.3 Å². The van der Waals surface area contributed by atoms with Crippen molar-refractivity contribution in [2.24, 2.45) is 5.92 Å². The molecule has 4 heteroatoms. The fourth-order valence-corrected chi connectivity index (χ4v) is 4.85. The first kappa shape index (κ1) is 23.0. The second-order valence-electron chi connectivity index (χ2n) is 9.70. The summed E-state index contributed by atoms with van der Waals surface area (Å²) in [6.07, 6.45) is 1.37. The van der Waals surface area contributed by atoms with Crippen LogP contribution >= 0.6 is 0 Å². The molecule has 4 rings (SSSR count). The first-order valence-electron chi connectivity index (χ1n) is 12.1. The van der Waals surface area contributed by atoms with Crippen molar-refractivity contribution in [2.45, 2.75) is 52.4 Å². The van der Waals surface area contributed by atoms with Gasteiger partial charge in [-0.25, -0.2) is 0 Å². The molecule has 0 aliphatic carbocycles. The zero-order valence-corrected chi connectivity index (χ0v) is 20.1. The number of rotatable bonds is 5. The number of nitrogens with zero attached hydrogens (tertiary/aromatic N) is 1. The van der Waals surface area contributed by atoms with E-state index in [1.165, 1.54) is 11.1 Å². The summed E-state index contributed by atoms with van der Waals surface area (Å²) < 4.78 is 0. The Morgan fingerprint density at radius 2 is 1.39 bits per heavy atom. The molecule has 0 radical (unpaired) electrons. The number of amides is 2. The predicted molar refractivity (Wildman–Crippen MR) is 136 cm³/mol. The molecular formula is C29H34N2O2. The van der Waals surface area contributed by atoms with Gasteiger partial charge in [-0.3, -0.25) is 9.59 Å². The van der Waals surface area contributed by atoms with Gasteiger partial charge in [-0.15, -0.1) is 0 Å². The number of para-hydroxylation sites is 1. The van der Waals surface area contributed by atoms with Crippen molar-refractivity contribution in [1.29, 1.82) is 0 Å². The van der Waals surface area contributed by atoms with Crippen molar-refractivity contribution in [3.05, 3.63) is 77.4 Å². The molecule has 0 bridgehead atoms. The van der Waals surface area contributed by atoms with Gasteiger partial charge in [0.25, 0.3) is 5.91 Å². The smallest absolute Gasteiger partial charge is 0.254 e. The van der Waals surface area contributed by atoms with E-state index in [9.17, 15) is 9.59 Å². The number of fused-ring (bicyclic) bond motifs is 1. The van der Waals surface area contributed by atoms with E-state index in [0.717, 1.165) is 22.0 Å². The highest BCUT2D eigenvalue weighted by atomic mass is 16.2. The largest absolute Gasteiger partial charge is 0.339 e. The summed E-state index contributed by atoms with van der Waals surface area (Å²) in [5.74, 6) is 0.709. The van der Waals surface area contributed by atoms with E-state index in [4.69, 9.17) is 0 Å². The van der Waals surface area contributed by atoms with Crippen LogP contribution in [0.25, 0.3) is 10.8 Å². The summed E-state index contributed by atoms with van der Waals surface area (Å²) in [6, 6.07) is 20.2. The van der Waals surface area contributed by atoms with Crippen molar-refractivity contribution in [3.63, 3.8) is 0 Å². The summed E-state index contributed by atoms with van der Waals surface area (Å²) in [5.41, 5.74) is 4.07. The quantitative estimate of drug-likeness (QED) is 0.485. The highest BCUT2D eigenvalue weighted by Crippen LogP contribution is 2.33. The third-order valence-electron chi connectivity index (χ3n) is 6.79. The molecular weight excluding hydrogens is 408 g/mol. The molecule has 1 aliphatic heterocycles. The lowest BCUT2D eigenvalue weighted by molar-refractivity contribution is -0.121. The van der Waals surface area contributed by atoms with Crippen molar-refractivity contribution in [1.82, 2.24) is 4.90 Å². The first-order chi connectivity index (χ1) is 15.9. The summed E-state index contributed by atoms with van der Waals surface area (Å²) in [7, 11) is 0. The van der Waals surface area contributed by atoms with Gasteiger partial charge in [0.1, 0.15) is 0 Å². The Morgan fingerprint density at radius 3 is 2.03 bits per heavy atom. The molecule has 0 unspecified atom stereocenters. The van der Waals surface area contributed by atoms with Crippen LogP contribution in [0, 0.1) is 5.92 Å². The van der Waals surface area contributed by atoms with E-state index in [1.807, 2.05) is 47.4 Å². The molecule has 1 N–H and O–H groups in total. The lowest BCUT2D eigenvalue weighted by atomic mass is 9.91. The average molecular weight is 443 g/mol. The average Bonchev–Trinajstić information content (AvgIpc) is 2.83. The van der Waals surface area contributed by atoms with E-state index in [0.29, 0.717) is 37.8 Å². The van der Waals surface area contributed by atoms with Gasteiger partial charge in [0.2, 0.25) is 5.91 Å². The van der Waals surface area contributed by atoms with Crippen LogP contribution in [0.4, 0.5) is 5.69 Å². The summed E-state index contributed by atoms with van der Waals surface area (Å²) in [4.78, 5) is 28.4. The minimum Gasteiger partial charge on any atom is -0.339 e. The second kappa shape index (κ2) is 9.78. The lowest BCUT2D eigenvalue weighted by Crippen LogP contribution is -2.41. The molecule has 1 heterocycles. The molecule has 2 amide bonds. The summed E-state index contributed by atoms with van der Waals surface area (Å²) in [6.45, 7) is 9.84. The third-order valence-corrected chi connectivity index (χ3v) is 6.79. The fraction of sp³-hybridized carbons (Fsp3) is 0.379. The second-order valence-corrected chi connectivity index (χ2v) is 9.70. The Morgan fingerprint density at radius 1 is 0.818 bits per heavy atom. The third kappa shape index (κ3) is 4.80. The molecule has 0 aromatic heterocycles. The molecule has 0 atom stereocenters. The number of hydrogen-bond acceptors (Lipinski definition) is 2. The molecule has 1 aliphatic rings. The Bertz CT molecular complexity index is 1130. The number of piperidine rings is 1. The van der Waals surface area contributed by atoms with Crippen molar-refractivity contribution in [3.8, 4) is 0 Å². The van der Waals surface area contributed by atoms with Gasteiger partial charge in [-0.05, 0) is 52.6 Å². The van der Waals surface area contributed by atoms with Crippen LogP contribution in [0.2, 0.25) is 0 Å². The zero-order chi connectivity index (χ0) is 23.5. The number of benzene rings is 3. The maximum atomic E-state index is 13.2. The van der Waals surface area contributed by atoms with E-state index >= 15 is 0 Å². The number of hydrogen-bond donors (Lipinski definition) is 1. The Balaban J connectivity index is 1.45. The van der Waals surface area contributed by atoms with Gasteiger partial charge >= 0.3 is 0 Å². The molecule has 172 valence electrons. The Kier molecular flexibility index (Phi) is 6.83. The van der Waals surface area contributed by atoms with Crippen LogP contribution in [0.1, 0.15) is 73.9 Å². The van der Waals surface area contributed by atoms with Crippen molar-refractivity contribution >= 4 is 28.3 Å². The topological polar surface area (TPSA) is 49.4 Å².